The first kappa shape index (κ1) is 15.0. The molecule has 1 rings (SSSR count). The maximum atomic E-state index is 11.9. The number of aliphatic carboxylic acids is 1. The molecule has 0 saturated carbocycles. The zero-order valence-electron chi connectivity index (χ0n) is 10.2. The fourth-order valence-corrected chi connectivity index (χ4v) is 1.76. The van der Waals surface area contributed by atoms with Gasteiger partial charge in [-0.1, -0.05) is 15.9 Å². The summed E-state index contributed by atoms with van der Waals surface area (Å²) in [5.41, 5.74) is 0.647. The van der Waals surface area contributed by atoms with E-state index in [0.717, 1.165) is 4.90 Å². The summed E-state index contributed by atoms with van der Waals surface area (Å²) in [7, 11) is 0. The molecule has 2 amide bonds. The van der Waals surface area contributed by atoms with Gasteiger partial charge in [0.25, 0.3) is 0 Å². The van der Waals surface area contributed by atoms with Crippen molar-refractivity contribution in [3.05, 3.63) is 28.2 Å². The van der Waals surface area contributed by atoms with Crippen molar-refractivity contribution in [1.29, 1.82) is 5.26 Å². The molecule has 0 aromatic heterocycles. The number of nitrogens with one attached hydrogen (secondary N) is 1. The van der Waals surface area contributed by atoms with E-state index >= 15 is 0 Å². The first-order valence-electron chi connectivity index (χ1n) is 5.45. The van der Waals surface area contributed by atoms with Crippen LogP contribution in [0.2, 0.25) is 0 Å². The molecule has 0 saturated heterocycles. The van der Waals surface area contributed by atoms with Gasteiger partial charge in [-0.2, -0.15) is 5.26 Å². The third-order valence-electron chi connectivity index (χ3n) is 2.34. The first-order chi connectivity index (χ1) is 8.97. The topological polar surface area (TPSA) is 93.4 Å². The van der Waals surface area contributed by atoms with Crippen LogP contribution in [0.15, 0.2) is 22.7 Å². The predicted octanol–water partition coefficient (Wildman–Crippen LogP) is 2.26. The third kappa shape index (κ3) is 4.26. The highest BCUT2D eigenvalue weighted by Crippen LogP contribution is 2.21. The molecular weight excluding hydrogens is 314 g/mol. The Hall–Kier alpha value is -2.07. The number of likely N-dealkylation sites (N-methyl/N-ethyl adjacent to an activating group) is 1. The molecule has 0 aliphatic carbocycles. The molecule has 100 valence electrons. The van der Waals surface area contributed by atoms with Gasteiger partial charge in [-0.15, -0.1) is 0 Å². The lowest BCUT2D eigenvalue weighted by Gasteiger charge is -2.19. The summed E-state index contributed by atoms with van der Waals surface area (Å²) in [6.45, 7) is 1.54. The van der Waals surface area contributed by atoms with Gasteiger partial charge in [-0.25, -0.2) is 4.79 Å². The van der Waals surface area contributed by atoms with Crippen LogP contribution in [0.3, 0.4) is 0 Å². The lowest BCUT2D eigenvalue weighted by atomic mass is 10.2. The van der Waals surface area contributed by atoms with Crippen molar-refractivity contribution in [2.24, 2.45) is 0 Å². The molecule has 6 nitrogen and oxygen atoms in total. The second-order valence-electron chi connectivity index (χ2n) is 3.64. The van der Waals surface area contributed by atoms with Gasteiger partial charge in [0.1, 0.15) is 12.6 Å². The van der Waals surface area contributed by atoms with Crippen molar-refractivity contribution in [2.75, 3.05) is 18.4 Å². The summed E-state index contributed by atoms with van der Waals surface area (Å²) in [5, 5.41) is 20.2. The highest BCUT2D eigenvalue weighted by molar-refractivity contribution is 9.10. The van der Waals surface area contributed by atoms with Crippen molar-refractivity contribution in [3.8, 4) is 6.07 Å². The molecule has 0 heterocycles. The average Bonchev–Trinajstić information content (AvgIpc) is 2.35. The minimum atomic E-state index is -1.09. The summed E-state index contributed by atoms with van der Waals surface area (Å²) in [6.07, 6.45) is 0. The summed E-state index contributed by atoms with van der Waals surface area (Å²) in [4.78, 5) is 23.6. The van der Waals surface area contributed by atoms with Crippen LogP contribution in [0.1, 0.15) is 12.5 Å². The lowest BCUT2D eigenvalue weighted by Crippen LogP contribution is -2.38. The van der Waals surface area contributed by atoms with Gasteiger partial charge >= 0.3 is 12.0 Å². The monoisotopic (exact) mass is 325 g/mol. The molecule has 0 bridgehead atoms. The number of hydrogen-bond donors (Lipinski definition) is 2. The highest BCUT2D eigenvalue weighted by Gasteiger charge is 2.16. The first-order valence-corrected chi connectivity index (χ1v) is 6.24. The highest BCUT2D eigenvalue weighted by atomic mass is 79.9. The molecule has 0 unspecified atom stereocenters. The maximum absolute atomic E-state index is 11.9. The quantitative estimate of drug-likeness (QED) is 0.887. The number of carbonyl (C=O) groups excluding carboxylic acids is 1. The normalized spacial score (nSPS) is 9.53. The van der Waals surface area contributed by atoms with Crippen LogP contribution < -0.4 is 5.32 Å². The Labute approximate surface area is 118 Å². The number of nitrogens with zero attached hydrogens (tertiary/aromatic N) is 2. The van der Waals surface area contributed by atoms with E-state index < -0.39 is 18.5 Å². The number of carboxylic acids is 1. The summed E-state index contributed by atoms with van der Waals surface area (Å²) < 4.78 is 0.711. The van der Waals surface area contributed by atoms with Gasteiger partial charge in [0.05, 0.1) is 11.3 Å². The van der Waals surface area contributed by atoms with Crippen LogP contribution in [0.25, 0.3) is 0 Å². The number of anilines is 1. The van der Waals surface area contributed by atoms with Crippen molar-refractivity contribution in [3.63, 3.8) is 0 Å². The van der Waals surface area contributed by atoms with Gasteiger partial charge in [-0.3, -0.25) is 4.79 Å². The Morgan fingerprint density at radius 3 is 2.74 bits per heavy atom. The van der Waals surface area contributed by atoms with Crippen molar-refractivity contribution >= 4 is 33.6 Å². The largest absolute Gasteiger partial charge is 0.480 e. The molecule has 0 aliphatic heterocycles. The van der Waals surface area contributed by atoms with Crippen LogP contribution in [0.5, 0.6) is 0 Å². The van der Waals surface area contributed by atoms with E-state index in [9.17, 15) is 9.59 Å². The van der Waals surface area contributed by atoms with Crippen molar-refractivity contribution < 1.29 is 14.7 Å². The third-order valence-corrected chi connectivity index (χ3v) is 2.83. The van der Waals surface area contributed by atoms with Crippen LogP contribution in [-0.4, -0.2) is 35.1 Å². The molecule has 0 spiro atoms. The van der Waals surface area contributed by atoms with Gasteiger partial charge in [-0.05, 0) is 25.1 Å². The van der Waals surface area contributed by atoms with E-state index in [1.165, 1.54) is 0 Å². The van der Waals surface area contributed by atoms with Crippen LogP contribution in [-0.2, 0) is 4.79 Å². The number of rotatable bonds is 4. The fourth-order valence-electron chi connectivity index (χ4n) is 1.40. The number of nitriles is 1. The van der Waals surface area contributed by atoms with Crippen LogP contribution in [0.4, 0.5) is 10.5 Å². The van der Waals surface area contributed by atoms with Crippen molar-refractivity contribution in [1.82, 2.24) is 4.90 Å². The number of urea groups is 1. The molecule has 0 fully saturated rings. The smallest absolute Gasteiger partial charge is 0.323 e. The molecule has 0 radical (unpaired) electrons. The Balaban J connectivity index is 2.89. The SMILES string of the molecule is CCN(CC(=O)O)C(=O)Nc1cc(Br)ccc1C#N. The molecule has 2 N–H and O–H groups in total. The molecular formula is C12H12BrN3O3. The zero-order valence-corrected chi connectivity index (χ0v) is 11.8. The van der Waals surface area contributed by atoms with Gasteiger partial charge in [0, 0.05) is 11.0 Å². The number of benzene rings is 1. The Morgan fingerprint density at radius 2 is 2.21 bits per heavy atom. The minimum absolute atomic E-state index is 0.258. The van der Waals surface area contributed by atoms with E-state index in [0.29, 0.717) is 15.7 Å². The van der Waals surface area contributed by atoms with E-state index in [-0.39, 0.29) is 6.54 Å². The molecule has 0 aliphatic rings. The van der Waals surface area contributed by atoms with Gasteiger partial charge in [0.2, 0.25) is 0 Å². The van der Waals surface area contributed by atoms with Gasteiger partial charge in [0.15, 0.2) is 0 Å². The second-order valence-corrected chi connectivity index (χ2v) is 4.56. The Kier molecular flexibility index (Phi) is 5.33. The average molecular weight is 326 g/mol. The van der Waals surface area contributed by atoms with Crippen molar-refractivity contribution in [2.45, 2.75) is 6.92 Å². The number of carboxylic acid groups (broad SMARTS) is 1. The van der Waals surface area contributed by atoms with E-state index in [4.69, 9.17) is 10.4 Å². The number of hydrogen-bond acceptors (Lipinski definition) is 3. The zero-order chi connectivity index (χ0) is 14.4. The summed E-state index contributed by atoms with van der Waals surface area (Å²) >= 11 is 3.24. The van der Waals surface area contributed by atoms with Crippen LogP contribution >= 0.6 is 15.9 Å². The summed E-state index contributed by atoms with van der Waals surface area (Å²) in [6, 6.07) is 6.23. The second kappa shape index (κ2) is 6.75. The number of halogens is 1. The maximum Gasteiger partial charge on any atom is 0.323 e. The van der Waals surface area contributed by atoms with E-state index in [1.807, 2.05) is 6.07 Å². The molecule has 1 aromatic rings. The summed E-state index contributed by atoms with van der Waals surface area (Å²) in [5.74, 6) is -1.09. The van der Waals surface area contributed by atoms with E-state index in [2.05, 4.69) is 21.2 Å². The lowest BCUT2D eigenvalue weighted by molar-refractivity contribution is -0.137. The van der Waals surface area contributed by atoms with Gasteiger partial charge < -0.3 is 15.3 Å². The number of carbonyl (C=O) groups is 2. The Morgan fingerprint density at radius 1 is 1.53 bits per heavy atom. The molecule has 0 atom stereocenters. The predicted molar refractivity (Wildman–Crippen MR) is 72.8 cm³/mol. The minimum Gasteiger partial charge on any atom is -0.480 e. The molecule has 19 heavy (non-hydrogen) atoms. The van der Waals surface area contributed by atoms with E-state index in [1.54, 1.807) is 25.1 Å². The van der Waals surface area contributed by atoms with Crippen LogP contribution in [0, 0.1) is 11.3 Å². The Bertz CT molecular complexity index is 540. The number of amides is 2. The molecule has 7 heteroatoms. The fraction of sp³-hybridized carbons (Fsp3) is 0.250. The molecule has 1 aromatic carbocycles. The standard InChI is InChI=1S/C12H12BrN3O3/c1-2-16(7-11(17)18)12(19)15-10-5-9(13)4-3-8(10)6-14/h3-5H,2,7H2,1H3,(H,15,19)(H,17,18).